The quantitative estimate of drug-likeness (QED) is 0.533. The van der Waals surface area contributed by atoms with E-state index in [1.165, 1.54) is 0 Å². The minimum Gasteiger partial charge on any atom is -0.484 e. The molecule has 0 aliphatic heterocycles. The molecule has 1 aliphatic carbocycles. The van der Waals surface area contributed by atoms with E-state index in [-0.39, 0.29) is 18.4 Å². The molecule has 1 aliphatic rings. The van der Waals surface area contributed by atoms with Crippen molar-refractivity contribution in [1.29, 1.82) is 0 Å². The second kappa shape index (κ2) is 9.98. The minimum absolute atomic E-state index is 0.00958. The summed E-state index contributed by atoms with van der Waals surface area (Å²) in [5, 5.41) is 5.87. The number of amides is 2. The molecule has 2 N–H and O–H groups in total. The highest BCUT2D eigenvalue weighted by Gasteiger charge is 2.23. The van der Waals surface area contributed by atoms with E-state index >= 15 is 0 Å². The molecule has 1 aromatic heterocycles. The molecule has 4 rings (SSSR count). The average molecular weight is 418 g/mol. The molecule has 6 heteroatoms. The number of carbonyl (C=O) groups excluding carboxylic acids is 2. The number of hydrogen-bond donors (Lipinski definition) is 2. The van der Waals surface area contributed by atoms with Gasteiger partial charge in [0.15, 0.2) is 6.61 Å². The van der Waals surface area contributed by atoms with E-state index in [1.807, 2.05) is 77.6 Å². The third-order valence-electron chi connectivity index (χ3n) is 5.18. The van der Waals surface area contributed by atoms with Crippen molar-refractivity contribution < 1.29 is 14.3 Å². The van der Waals surface area contributed by atoms with E-state index in [0.717, 1.165) is 36.1 Å². The van der Waals surface area contributed by atoms with Crippen LogP contribution in [0.4, 0.5) is 0 Å². The number of ether oxygens (including phenoxy) is 1. The monoisotopic (exact) mass is 417 g/mol. The predicted molar refractivity (Wildman–Crippen MR) is 119 cm³/mol. The van der Waals surface area contributed by atoms with Crippen LogP contribution in [0.3, 0.4) is 0 Å². The number of nitrogens with one attached hydrogen (secondary N) is 2. The van der Waals surface area contributed by atoms with Crippen molar-refractivity contribution in [1.82, 2.24) is 15.2 Å². The van der Waals surface area contributed by atoms with Gasteiger partial charge < -0.3 is 19.9 Å². The second-order valence-electron chi connectivity index (χ2n) is 7.81. The molecule has 2 amide bonds. The molecule has 0 radical (unpaired) electrons. The van der Waals surface area contributed by atoms with Crippen LogP contribution in [-0.2, 0) is 22.4 Å². The Labute approximate surface area is 182 Å². The minimum atomic E-state index is -0.0753. The number of hydrogen-bond acceptors (Lipinski definition) is 3. The highest BCUT2D eigenvalue weighted by Crippen LogP contribution is 2.18. The number of aromatic nitrogens is 1. The zero-order valence-corrected chi connectivity index (χ0v) is 17.4. The van der Waals surface area contributed by atoms with Gasteiger partial charge in [0.2, 0.25) is 5.91 Å². The summed E-state index contributed by atoms with van der Waals surface area (Å²) in [5.41, 5.74) is 3.16. The van der Waals surface area contributed by atoms with E-state index in [0.29, 0.717) is 24.8 Å². The highest BCUT2D eigenvalue weighted by atomic mass is 16.5. The molecule has 2 aromatic carbocycles. The molecule has 1 saturated carbocycles. The SMILES string of the molecule is O=C(Cc1ccc(-n2cccc2)cc1)NCCc1ccc(OCC(=O)NC2CC2)cc1. The fraction of sp³-hybridized carbons (Fsp3) is 0.280. The zero-order valence-electron chi connectivity index (χ0n) is 17.4. The van der Waals surface area contributed by atoms with Crippen LogP contribution in [0.2, 0.25) is 0 Å². The Balaban J connectivity index is 1.15. The first-order chi connectivity index (χ1) is 15.2. The van der Waals surface area contributed by atoms with E-state index in [2.05, 4.69) is 10.6 Å². The summed E-state index contributed by atoms with van der Waals surface area (Å²) in [5.74, 6) is 0.603. The van der Waals surface area contributed by atoms with Crippen LogP contribution < -0.4 is 15.4 Å². The number of nitrogens with zero attached hydrogens (tertiary/aromatic N) is 1. The molecular formula is C25H27N3O3. The van der Waals surface area contributed by atoms with Crippen LogP contribution >= 0.6 is 0 Å². The summed E-state index contributed by atoms with van der Waals surface area (Å²) in [6.07, 6.45) is 7.22. The lowest BCUT2D eigenvalue weighted by atomic mass is 10.1. The Morgan fingerprint density at radius 1 is 0.903 bits per heavy atom. The van der Waals surface area contributed by atoms with E-state index < -0.39 is 0 Å². The Hall–Kier alpha value is -3.54. The fourth-order valence-electron chi connectivity index (χ4n) is 3.28. The van der Waals surface area contributed by atoms with Gasteiger partial charge in [-0.05, 0) is 66.8 Å². The van der Waals surface area contributed by atoms with Crippen molar-refractivity contribution in [3.05, 3.63) is 84.2 Å². The molecule has 31 heavy (non-hydrogen) atoms. The maximum atomic E-state index is 12.2. The van der Waals surface area contributed by atoms with Gasteiger partial charge in [-0.15, -0.1) is 0 Å². The van der Waals surface area contributed by atoms with Crippen molar-refractivity contribution in [3.63, 3.8) is 0 Å². The standard InChI is InChI=1S/C25H27N3O3/c29-24(17-20-3-9-22(10-4-20)28-15-1-2-16-28)26-14-13-19-5-11-23(12-6-19)31-18-25(30)27-21-7-8-21/h1-6,9-12,15-16,21H,7-8,13-14,17-18H2,(H,26,29)(H,27,30). The van der Waals surface area contributed by atoms with Crippen LogP contribution in [0, 0.1) is 0 Å². The third-order valence-corrected chi connectivity index (χ3v) is 5.18. The molecule has 3 aromatic rings. The van der Waals surface area contributed by atoms with Crippen molar-refractivity contribution in [2.24, 2.45) is 0 Å². The predicted octanol–water partition coefficient (Wildman–Crippen LogP) is 3.04. The maximum Gasteiger partial charge on any atom is 0.258 e. The summed E-state index contributed by atoms with van der Waals surface area (Å²) in [4.78, 5) is 23.9. The van der Waals surface area contributed by atoms with Crippen LogP contribution in [0.1, 0.15) is 24.0 Å². The third kappa shape index (κ3) is 6.47. The lowest BCUT2D eigenvalue weighted by molar-refractivity contribution is -0.123. The lowest BCUT2D eigenvalue weighted by Gasteiger charge is -2.09. The van der Waals surface area contributed by atoms with Crippen molar-refractivity contribution in [2.45, 2.75) is 31.7 Å². The van der Waals surface area contributed by atoms with Gasteiger partial charge in [0.25, 0.3) is 5.91 Å². The molecule has 160 valence electrons. The normalized spacial score (nSPS) is 12.9. The Bertz CT molecular complexity index is 992. The van der Waals surface area contributed by atoms with Gasteiger partial charge in [0.1, 0.15) is 5.75 Å². The summed E-state index contributed by atoms with van der Waals surface area (Å²) in [7, 11) is 0. The highest BCUT2D eigenvalue weighted by molar-refractivity contribution is 5.78. The molecule has 6 nitrogen and oxygen atoms in total. The van der Waals surface area contributed by atoms with Gasteiger partial charge >= 0.3 is 0 Å². The first-order valence-corrected chi connectivity index (χ1v) is 10.7. The van der Waals surface area contributed by atoms with Crippen LogP contribution in [0.25, 0.3) is 5.69 Å². The second-order valence-corrected chi connectivity index (χ2v) is 7.81. The average Bonchev–Trinajstić information content (AvgIpc) is 3.42. The molecule has 0 saturated heterocycles. The number of rotatable bonds is 10. The first-order valence-electron chi connectivity index (χ1n) is 10.7. The van der Waals surface area contributed by atoms with Crippen molar-refractivity contribution in [2.75, 3.05) is 13.2 Å². The fourth-order valence-corrected chi connectivity index (χ4v) is 3.28. The van der Waals surface area contributed by atoms with Crippen LogP contribution in [0.15, 0.2) is 73.1 Å². The van der Waals surface area contributed by atoms with Crippen molar-refractivity contribution in [3.8, 4) is 11.4 Å². The van der Waals surface area contributed by atoms with E-state index in [1.54, 1.807) is 0 Å². The van der Waals surface area contributed by atoms with Crippen LogP contribution in [-0.4, -0.2) is 35.6 Å². The van der Waals surface area contributed by atoms with Gasteiger partial charge in [-0.1, -0.05) is 24.3 Å². The largest absolute Gasteiger partial charge is 0.484 e. The van der Waals surface area contributed by atoms with Gasteiger partial charge in [-0.25, -0.2) is 0 Å². The van der Waals surface area contributed by atoms with Crippen LogP contribution in [0.5, 0.6) is 5.75 Å². The molecule has 0 bridgehead atoms. The Kier molecular flexibility index (Phi) is 6.67. The van der Waals surface area contributed by atoms with E-state index in [9.17, 15) is 9.59 Å². The molecule has 1 fully saturated rings. The first kappa shape index (κ1) is 20.7. The van der Waals surface area contributed by atoms with E-state index in [4.69, 9.17) is 4.74 Å². The summed E-state index contributed by atoms with van der Waals surface area (Å²) < 4.78 is 7.54. The molecule has 0 atom stereocenters. The molecular weight excluding hydrogens is 390 g/mol. The van der Waals surface area contributed by atoms with Gasteiger partial charge in [0.05, 0.1) is 6.42 Å². The number of benzene rings is 2. The zero-order chi connectivity index (χ0) is 21.5. The van der Waals surface area contributed by atoms with Gasteiger partial charge in [-0.3, -0.25) is 9.59 Å². The molecule has 0 unspecified atom stereocenters. The topological polar surface area (TPSA) is 72.4 Å². The maximum absolute atomic E-state index is 12.2. The van der Waals surface area contributed by atoms with Gasteiger partial charge in [0, 0.05) is 30.7 Å². The Morgan fingerprint density at radius 3 is 2.26 bits per heavy atom. The number of carbonyl (C=O) groups is 2. The summed E-state index contributed by atoms with van der Waals surface area (Å²) in [6.45, 7) is 0.614. The summed E-state index contributed by atoms with van der Waals surface area (Å²) in [6, 6.07) is 19.9. The molecule has 1 heterocycles. The Morgan fingerprint density at radius 2 is 1.58 bits per heavy atom. The van der Waals surface area contributed by atoms with Crippen molar-refractivity contribution >= 4 is 11.8 Å². The lowest BCUT2D eigenvalue weighted by Crippen LogP contribution is -2.30. The summed E-state index contributed by atoms with van der Waals surface area (Å²) >= 11 is 0. The smallest absolute Gasteiger partial charge is 0.258 e. The molecule has 0 spiro atoms. The van der Waals surface area contributed by atoms with Gasteiger partial charge in [-0.2, -0.15) is 0 Å².